The lowest BCUT2D eigenvalue weighted by atomic mass is 9.90. The Kier molecular flexibility index (Phi) is 7.53. The summed E-state index contributed by atoms with van der Waals surface area (Å²) in [5.74, 6) is 0.856. The average Bonchev–Trinajstić information content (AvgIpc) is 2.88. The van der Waals surface area contributed by atoms with E-state index in [1.807, 2.05) is 18.2 Å². The minimum Gasteiger partial charge on any atom is -0.497 e. The molecule has 0 spiro atoms. The molecule has 1 aliphatic rings. The van der Waals surface area contributed by atoms with Crippen molar-refractivity contribution < 1.29 is 17.9 Å². The first-order valence-corrected chi connectivity index (χ1v) is 12.9. The molecule has 0 N–H and O–H groups in total. The minimum atomic E-state index is -3.93. The second kappa shape index (κ2) is 10.7. The van der Waals surface area contributed by atoms with Crippen LogP contribution in [0.3, 0.4) is 0 Å². The third-order valence-corrected chi connectivity index (χ3v) is 8.07. The highest BCUT2D eigenvalue weighted by Gasteiger charge is 2.30. The third-order valence-electron chi connectivity index (χ3n) is 6.29. The Morgan fingerprint density at radius 3 is 2.24 bits per heavy atom. The van der Waals surface area contributed by atoms with E-state index in [-0.39, 0.29) is 17.3 Å². The van der Waals surface area contributed by atoms with E-state index in [1.165, 1.54) is 17.0 Å². The highest BCUT2D eigenvalue weighted by Crippen LogP contribution is 2.28. The first-order valence-electron chi connectivity index (χ1n) is 11.5. The van der Waals surface area contributed by atoms with E-state index in [0.29, 0.717) is 30.4 Å². The van der Waals surface area contributed by atoms with Crippen molar-refractivity contribution in [3.8, 4) is 5.75 Å². The quantitative estimate of drug-likeness (QED) is 0.482. The summed E-state index contributed by atoms with van der Waals surface area (Å²) >= 11 is 0. The van der Waals surface area contributed by atoms with Crippen LogP contribution in [0.15, 0.2) is 89.8 Å². The zero-order valence-corrected chi connectivity index (χ0v) is 20.2. The van der Waals surface area contributed by atoms with Gasteiger partial charge in [-0.1, -0.05) is 54.6 Å². The average molecular weight is 479 g/mol. The number of anilines is 1. The number of methoxy groups -OCH3 is 1. The molecule has 0 unspecified atom stereocenters. The topological polar surface area (TPSA) is 66.9 Å². The highest BCUT2D eigenvalue weighted by atomic mass is 32.2. The van der Waals surface area contributed by atoms with Crippen LogP contribution in [-0.2, 0) is 21.2 Å². The molecule has 0 aliphatic carbocycles. The maximum Gasteiger partial charge on any atom is 0.264 e. The number of sulfonamides is 1. The van der Waals surface area contributed by atoms with Crippen molar-refractivity contribution in [2.45, 2.75) is 24.2 Å². The van der Waals surface area contributed by atoms with Crippen LogP contribution in [0.5, 0.6) is 5.75 Å². The van der Waals surface area contributed by atoms with E-state index in [9.17, 15) is 13.2 Å². The zero-order chi connectivity index (χ0) is 24.0. The summed E-state index contributed by atoms with van der Waals surface area (Å²) in [4.78, 5) is 15.2. The van der Waals surface area contributed by atoms with Gasteiger partial charge in [-0.2, -0.15) is 0 Å². The van der Waals surface area contributed by atoms with Crippen LogP contribution >= 0.6 is 0 Å². The Morgan fingerprint density at radius 2 is 1.59 bits per heavy atom. The number of likely N-dealkylation sites (tertiary alicyclic amines) is 1. The van der Waals surface area contributed by atoms with E-state index < -0.39 is 10.0 Å². The number of hydrogen-bond acceptors (Lipinski definition) is 4. The number of carbonyl (C=O) groups is 1. The molecule has 0 saturated carbocycles. The smallest absolute Gasteiger partial charge is 0.264 e. The highest BCUT2D eigenvalue weighted by molar-refractivity contribution is 7.92. The fourth-order valence-electron chi connectivity index (χ4n) is 4.36. The number of nitrogens with zero attached hydrogens (tertiary/aromatic N) is 2. The Balaban J connectivity index is 1.50. The fraction of sp³-hybridized carbons (Fsp3) is 0.296. The lowest BCUT2D eigenvalue weighted by molar-refractivity contribution is -0.130. The standard InChI is InChI=1S/C27H30N2O4S/c1-33-25-12-8-11-24(20-25)29(34(31,32)26-13-6-3-7-14-26)21-27(30)28-17-15-23(16-18-28)19-22-9-4-2-5-10-22/h2-14,20,23H,15-19,21H2,1H3. The Bertz CT molecular complexity index is 1190. The molecule has 1 amide bonds. The van der Waals surface area contributed by atoms with E-state index in [2.05, 4.69) is 12.1 Å². The second-order valence-electron chi connectivity index (χ2n) is 8.54. The van der Waals surface area contributed by atoms with Gasteiger partial charge in [0.1, 0.15) is 12.3 Å². The molecule has 34 heavy (non-hydrogen) atoms. The van der Waals surface area contributed by atoms with Gasteiger partial charge in [-0.3, -0.25) is 9.10 Å². The van der Waals surface area contributed by atoms with Crippen LogP contribution in [0.1, 0.15) is 18.4 Å². The summed E-state index contributed by atoms with van der Waals surface area (Å²) in [7, 11) is -2.41. The van der Waals surface area contributed by atoms with E-state index in [1.54, 1.807) is 59.5 Å². The van der Waals surface area contributed by atoms with Gasteiger partial charge in [-0.05, 0) is 55.0 Å². The second-order valence-corrected chi connectivity index (χ2v) is 10.4. The van der Waals surface area contributed by atoms with E-state index in [0.717, 1.165) is 19.3 Å². The fourth-order valence-corrected chi connectivity index (χ4v) is 5.78. The normalized spacial score (nSPS) is 14.6. The van der Waals surface area contributed by atoms with Crippen LogP contribution in [0.2, 0.25) is 0 Å². The van der Waals surface area contributed by atoms with Crippen LogP contribution in [0, 0.1) is 5.92 Å². The maximum atomic E-state index is 13.5. The van der Waals surface area contributed by atoms with Gasteiger partial charge in [0.15, 0.2) is 0 Å². The van der Waals surface area contributed by atoms with Crippen molar-refractivity contribution in [3.63, 3.8) is 0 Å². The Morgan fingerprint density at radius 1 is 0.941 bits per heavy atom. The van der Waals surface area contributed by atoms with Crippen molar-refractivity contribution in [1.82, 2.24) is 4.90 Å². The molecule has 0 aromatic heterocycles. The number of piperidine rings is 1. The number of carbonyl (C=O) groups excluding carboxylic acids is 1. The molecule has 1 heterocycles. The van der Waals surface area contributed by atoms with Gasteiger partial charge in [0, 0.05) is 19.2 Å². The summed E-state index contributed by atoms with van der Waals surface area (Å²) in [6.45, 7) is 1.01. The Labute approximate surface area is 201 Å². The predicted molar refractivity (Wildman–Crippen MR) is 133 cm³/mol. The molecule has 0 bridgehead atoms. The number of benzene rings is 3. The van der Waals surface area contributed by atoms with Crippen LogP contribution in [0.4, 0.5) is 5.69 Å². The molecular formula is C27H30N2O4S. The van der Waals surface area contributed by atoms with Crippen LogP contribution in [-0.4, -0.2) is 46.0 Å². The van der Waals surface area contributed by atoms with Gasteiger partial charge in [-0.25, -0.2) is 8.42 Å². The van der Waals surface area contributed by atoms with Crippen molar-refractivity contribution >= 4 is 21.6 Å². The monoisotopic (exact) mass is 478 g/mol. The summed E-state index contributed by atoms with van der Waals surface area (Å²) < 4.78 is 33.5. The van der Waals surface area contributed by atoms with Crippen LogP contribution < -0.4 is 9.04 Å². The summed E-state index contributed by atoms with van der Waals surface area (Å²) in [5.41, 5.74) is 1.71. The lowest BCUT2D eigenvalue weighted by Gasteiger charge is -2.34. The number of amides is 1. The molecule has 0 atom stereocenters. The van der Waals surface area contributed by atoms with Crippen molar-refractivity contribution in [1.29, 1.82) is 0 Å². The van der Waals surface area contributed by atoms with Crippen molar-refractivity contribution in [3.05, 3.63) is 90.5 Å². The molecule has 3 aromatic carbocycles. The molecule has 0 radical (unpaired) electrons. The molecule has 1 saturated heterocycles. The largest absolute Gasteiger partial charge is 0.497 e. The molecule has 3 aromatic rings. The first-order chi connectivity index (χ1) is 16.5. The number of hydrogen-bond donors (Lipinski definition) is 0. The third kappa shape index (κ3) is 5.59. The number of ether oxygens (including phenoxy) is 1. The van der Waals surface area contributed by atoms with E-state index >= 15 is 0 Å². The molecule has 1 aliphatic heterocycles. The molecular weight excluding hydrogens is 448 g/mol. The van der Waals surface area contributed by atoms with Gasteiger partial charge in [0.2, 0.25) is 5.91 Å². The van der Waals surface area contributed by atoms with Crippen molar-refractivity contribution in [2.75, 3.05) is 31.0 Å². The first kappa shape index (κ1) is 23.8. The van der Waals surface area contributed by atoms with Crippen LogP contribution in [0.25, 0.3) is 0 Å². The summed E-state index contributed by atoms with van der Waals surface area (Å²) in [6.07, 6.45) is 2.82. The van der Waals surface area contributed by atoms with Gasteiger partial charge in [-0.15, -0.1) is 0 Å². The molecule has 4 rings (SSSR count). The number of rotatable bonds is 8. The lowest BCUT2D eigenvalue weighted by Crippen LogP contribution is -2.46. The molecule has 7 heteroatoms. The Hall–Kier alpha value is -3.32. The predicted octanol–water partition coefficient (Wildman–Crippen LogP) is 4.37. The minimum absolute atomic E-state index is 0.146. The van der Waals surface area contributed by atoms with Gasteiger partial charge < -0.3 is 9.64 Å². The van der Waals surface area contributed by atoms with Gasteiger partial charge in [0.25, 0.3) is 10.0 Å². The summed E-state index contributed by atoms with van der Waals surface area (Å²) in [5, 5.41) is 0. The zero-order valence-electron chi connectivity index (χ0n) is 19.3. The summed E-state index contributed by atoms with van der Waals surface area (Å²) in [6, 6.07) is 25.4. The molecule has 178 valence electrons. The maximum absolute atomic E-state index is 13.5. The van der Waals surface area contributed by atoms with Crippen molar-refractivity contribution in [2.24, 2.45) is 5.92 Å². The van der Waals surface area contributed by atoms with Gasteiger partial charge in [0.05, 0.1) is 17.7 Å². The SMILES string of the molecule is COc1cccc(N(CC(=O)N2CCC(Cc3ccccc3)CC2)S(=O)(=O)c2ccccc2)c1. The molecule has 1 fully saturated rings. The molecule has 6 nitrogen and oxygen atoms in total. The van der Waals surface area contributed by atoms with Gasteiger partial charge >= 0.3 is 0 Å². The van der Waals surface area contributed by atoms with E-state index in [4.69, 9.17) is 4.74 Å².